The van der Waals surface area contributed by atoms with E-state index < -0.39 is 0 Å². The summed E-state index contributed by atoms with van der Waals surface area (Å²) in [6.07, 6.45) is 5.15. The second-order valence-corrected chi connectivity index (χ2v) is 8.93. The molecule has 0 aliphatic carbocycles. The zero-order valence-corrected chi connectivity index (χ0v) is 19.0. The number of likely N-dealkylation sites (tertiary alicyclic amines) is 1. The molecule has 0 saturated carbocycles. The summed E-state index contributed by atoms with van der Waals surface area (Å²) in [6, 6.07) is 5.00. The molecule has 1 N–H and O–H groups in total. The van der Waals surface area contributed by atoms with Crippen molar-refractivity contribution in [2.45, 2.75) is 70.1 Å². The lowest BCUT2D eigenvalue weighted by Gasteiger charge is -2.42. The van der Waals surface area contributed by atoms with Gasteiger partial charge in [0.05, 0.1) is 24.1 Å². The Labute approximate surface area is 189 Å². The molecule has 0 bridgehead atoms. The predicted octanol–water partition coefficient (Wildman–Crippen LogP) is 2.82. The van der Waals surface area contributed by atoms with Gasteiger partial charge < -0.3 is 24.6 Å². The maximum Gasteiger partial charge on any atom is 0.257 e. The highest BCUT2D eigenvalue weighted by atomic mass is 16.5. The van der Waals surface area contributed by atoms with Crippen molar-refractivity contribution in [1.29, 1.82) is 0 Å². The molecule has 3 aliphatic rings. The van der Waals surface area contributed by atoms with Crippen molar-refractivity contribution in [1.82, 2.24) is 9.80 Å². The van der Waals surface area contributed by atoms with E-state index in [1.807, 2.05) is 4.90 Å². The van der Waals surface area contributed by atoms with E-state index in [4.69, 9.17) is 9.47 Å². The number of carbonyl (C=O) groups is 3. The molecule has 2 fully saturated rings. The fourth-order valence-electron chi connectivity index (χ4n) is 4.82. The number of rotatable bonds is 4. The second kappa shape index (κ2) is 9.90. The van der Waals surface area contributed by atoms with Gasteiger partial charge in [0.1, 0.15) is 18.5 Å². The number of fused-ring (bicyclic) bond motifs is 2. The zero-order chi connectivity index (χ0) is 22.7. The van der Waals surface area contributed by atoms with Crippen LogP contribution in [-0.2, 0) is 14.3 Å². The summed E-state index contributed by atoms with van der Waals surface area (Å²) in [5.41, 5.74) is 1.01. The highest BCUT2D eigenvalue weighted by Crippen LogP contribution is 2.32. The van der Waals surface area contributed by atoms with E-state index in [0.29, 0.717) is 36.4 Å². The number of hydrogen-bond donors (Lipinski definition) is 1. The van der Waals surface area contributed by atoms with Gasteiger partial charge in [-0.25, -0.2) is 0 Å². The first-order valence-electron chi connectivity index (χ1n) is 11.7. The number of piperidine rings is 1. The lowest BCUT2D eigenvalue weighted by molar-refractivity contribution is -0.143. The molecule has 174 valence electrons. The Morgan fingerprint density at radius 1 is 1.16 bits per heavy atom. The topological polar surface area (TPSA) is 88.2 Å². The Kier molecular flexibility index (Phi) is 6.98. The molecule has 3 atom stereocenters. The molecule has 8 nitrogen and oxygen atoms in total. The highest BCUT2D eigenvalue weighted by molar-refractivity contribution is 5.99. The molecule has 0 radical (unpaired) electrons. The summed E-state index contributed by atoms with van der Waals surface area (Å²) in [5, 5.41) is 2.79. The molecule has 4 rings (SSSR count). The Balaban J connectivity index is 1.44. The van der Waals surface area contributed by atoms with E-state index in [0.717, 1.165) is 38.8 Å². The van der Waals surface area contributed by atoms with Gasteiger partial charge in [-0.15, -0.1) is 0 Å². The lowest BCUT2D eigenvalue weighted by atomic mass is 9.94. The second-order valence-electron chi connectivity index (χ2n) is 8.93. The summed E-state index contributed by atoms with van der Waals surface area (Å²) in [4.78, 5) is 41.3. The van der Waals surface area contributed by atoms with Gasteiger partial charge >= 0.3 is 0 Å². The molecule has 0 unspecified atom stereocenters. The van der Waals surface area contributed by atoms with Crippen LogP contribution in [0.2, 0.25) is 0 Å². The van der Waals surface area contributed by atoms with E-state index in [2.05, 4.69) is 5.32 Å². The van der Waals surface area contributed by atoms with Gasteiger partial charge in [0.25, 0.3) is 5.91 Å². The first-order chi connectivity index (χ1) is 15.5. The molecule has 1 aromatic carbocycles. The van der Waals surface area contributed by atoms with E-state index in [1.165, 1.54) is 6.42 Å². The minimum absolute atomic E-state index is 0.108. The number of hydrogen-bond acceptors (Lipinski definition) is 5. The number of nitrogens with one attached hydrogen (secondary N) is 1. The lowest BCUT2D eigenvalue weighted by Crippen LogP contribution is -2.54. The predicted molar refractivity (Wildman–Crippen MR) is 120 cm³/mol. The van der Waals surface area contributed by atoms with Gasteiger partial charge in [0.15, 0.2) is 0 Å². The molecular formula is C24H33N3O5. The maximum atomic E-state index is 13.2. The monoisotopic (exact) mass is 443 g/mol. The third-order valence-corrected chi connectivity index (χ3v) is 6.73. The third kappa shape index (κ3) is 4.90. The zero-order valence-electron chi connectivity index (χ0n) is 19.0. The fourth-order valence-corrected chi connectivity index (χ4v) is 4.82. The molecule has 0 spiro atoms. The summed E-state index contributed by atoms with van der Waals surface area (Å²) in [5.74, 6) is 0.374. The van der Waals surface area contributed by atoms with Crippen LogP contribution in [0.5, 0.6) is 5.75 Å². The van der Waals surface area contributed by atoms with Crippen molar-refractivity contribution in [3.05, 3.63) is 23.8 Å². The number of likely N-dealkylation sites (N-methyl/N-ethyl adjacent to an activating group) is 1. The largest absolute Gasteiger partial charge is 0.490 e. The Morgan fingerprint density at radius 3 is 2.69 bits per heavy atom. The number of carbonyl (C=O) groups excluding carboxylic acids is 3. The van der Waals surface area contributed by atoms with Crippen LogP contribution in [-0.4, -0.2) is 72.5 Å². The minimum Gasteiger partial charge on any atom is -0.490 e. The van der Waals surface area contributed by atoms with Crippen molar-refractivity contribution >= 4 is 23.4 Å². The van der Waals surface area contributed by atoms with Crippen LogP contribution in [0.3, 0.4) is 0 Å². The van der Waals surface area contributed by atoms with E-state index in [-0.39, 0.29) is 36.0 Å². The van der Waals surface area contributed by atoms with Crippen LogP contribution in [0.25, 0.3) is 0 Å². The van der Waals surface area contributed by atoms with Crippen LogP contribution in [0, 0.1) is 0 Å². The molecule has 2 saturated heterocycles. The standard InChI is InChI=1S/C24H33N3O5/c1-3-22(28)25-16-7-10-20-18(13-16)24(30)26(2)19-9-8-17(32-21(19)15-31-20)14-23(29)27-11-5-4-6-12-27/h7,10,13,17,19,21H,3-6,8-9,11-12,14-15H2,1-2H3,(H,25,28)/t17-,19+,21-/m0/s1. The molecule has 3 aliphatic heterocycles. The first-order valence-corrected chi connectivity index (χ1v) is 11.7. The van der Waals surface area contributed by atoms with Gasteiger partial charge in [-0.2, -0.15) is 0 Å². The quantitative estimate of drug-likeness (QED) is 0.773. The number of amides is 3. The average molecular weight is 444 g/mol. The maximum absolute atomic E-state index is 13.2. The van der Waals surface area contributed by atoms with E-state index >= 15 is 0 Å². The van der Waals surface area contributed by atoms with Crippen LogP contribution >= 0.6 is 0 Å². The van der Waals surface area contributed by atoms with E-state index in [9.17, 15) is 14.4 Å². The Morgan fingerprint density at radius 2 is 1.94 bits per heavy atom. The fraction of sp³-hybridized carbons (Fsp3) is 0.625. The average Bonchev–Trinajstić information content (AvgIpc) is 2.82. The van der Waals surface area contributed by atoms with Gasteiger partial charge in [0.2, 0.25) is 11.8 Å². The molecule has 3 heterocycles. The van der Waals surface area contributed by atoms with Crippen molar-refractivity contribution in [3.63, 3.8) is 0 Å². The summed E-state index contributed by atoms with van der Waals surface area (Å²) in [7, 11) is 1.79. The Hall–Kier alpha value is -2.61. The summed E-state index contributed by atoms with van der Waals surface area (Å²) < 4.78 is 12.3. The van der Waals surface area contributed by atoms with Crippen molar-refractivity contribution < 1.29 is 23.9 Å². The molecule has 32 heavy (non-hydrogen) atoms. The van der Waals surface area contributed by atoms with Crippen molar-refractivity contribution in [2.75, 3.05) is 32.1 Å². The summed E-state index contributed by atoms with van der Waals surface area (Å²) in [6.45, 7) is 3.77. The third-order valence-electron chi connectivity index (χ3n) is 6.73. The first kappa shape index (κ1) is 22.6. The molecule has 3 amide bonds. The molecular weight excluding hydrogens is 410 g/mol. The molecule has 1 aromatic rings. The normalized spacial score (nSPS) is 25.7. The van der Waals surface area contributed by atoms with Gasteiger partial charge in [-0.3, -0.25) is 14.4 Å². The highest BCUT2D eigenvalue weighted by Gasteiger charge is 2.39. The summed E-state index contributed by atoms with van der Waals surface area (Å²) >= 11 is 0. The van der Waals surface area contributed by atoms with Gasteiger partial charge in [-0.05, 0) is 50.3 Å². The number of nitrogens with zero attached hydrogens (tertiary/aromatic N) is 2. The Bertz CT molecular complexity index is 867. The van der Waals surface area contributed by atoms with Gasteiger partial charge in [-0.1, -0.05) is 6.92 Å². The van der Waals surface area contributed by atoms with E-state index in [1.54, 1.807) is 37.1 Å². The van der Waals surface area contributed by atoms with Crippen molar-refractivity contribution in [2.24, 2.45) is 0 Å². The minimum atomic E-state index is -0.288. The number of benzene rings is 1. The molecule has 0 aromatic heterocycles. The van der Waals surface area contributed by atoms with Crippen LogP contribution < -0.4 is 10.1 Å². The van der Waals surface area contributed by atoms with Crippen LogP contribution in [0.4, 0.5) is 5.69 Å². The smallest absolute Gasteiger partial charge is 0.257 e. The SMILES string of the molecule is CCC(=O)Nc1ccc2c(c1)C(=O)N(C)[C@@H]1CC[C@@H](CC(=O)N3CCCCC3)O[C@H]1CO2. The van der Waals surface area contributed by atoms with Gasteiger partial charge in [0, 0.05) is 32.2 Å². The molecule has 8 heteroatoms. The van der Waals surface area contributed by atoms with Crippen LogP contribution in [0.15, 0.2) is 18.2 Å². The van der Waals surface area contributed by atoms with Crippen LogP contribution in [0.1, 0.15) is 62.2 Å². The van der Waals surface area contributed by atoms with Crippen molar-refractivity contribution in [3.8, 4) is 5.75 Å². The number of anilines is 1. The number of ether oxygens (including phenoxy) is 2.